The average molecular weight is 338 g/mol. The number of thiophene rings is 1. The summed E-state index contributed by atoms with van der Waals surface area (Å²) in [5.41, 5.74) is 8.80. The molecule has 4 heteroatoms. The second-order valence-electron chi connectivity index (χ2n) is 4.90. The van der Waals surface area contributed by atoms with Crippen molar-refractivity contribution in [1.82, 2.24) is 0 Å². The van der Waals surface area contributed by atoms with Gasteiger partial charge in [-0.25, -0.2) is 0 Å². The number of fused-ring (bicyclic) bond motifs is 1. The highest BCUT2D eigenvalue weighted by atomic mass is 79.9. The molecule has 0 spiro atoms. The zero-order valence-corrected chi connectivity index (χ0v) is 13.0. The van der Waals surface area contributed by atoms with Gasteiger partial charge in [0.2, 0.25) is 0 Å². The molecule has 1 aliphatic rings. The molecule has 2 nitrogen and oxygen atoms in total. The van der Waals surface area contributed by atoms with Crippen molar-refractivity contribution in [3.8, 4) is 5.75 Å². The fourth-order valence-electron chi connectivity index (χ4n) is 2.54. The van der Waals surface area contributed by atoms with Crippen LogP contribution in [0.4, 0.5) is 0 Å². The van der Waals surface area contributed by atoms with Crippen LogP contribution in [0.3, 0.4) is 0 Å². The second-order valence-corrected chi connectivity index (χ2v) is 6.85. The van der Waals surface area contributed by atoms with Crippen LogP contribution in [0.1, 0.15) is 16.0 Å². The molecule has 0 aliphatic carbocycles. The second kappa shape index (κ2) is 5.65. The molecule has 0 fully saturated rings. The fraction of sp³-hybridized carbons (Fsp3) is 0.333. The fourth-order valence-corrected chi connectivity index (χ4v) is 3.89. The first-order valence-corrected chi connectivity index (χ1v) is 8.11. The Morgan fingerprint density at radius 3 is 3.05 bits per heavy atom. The topological polar surface area (TPSA) is 35.2 Å². The van der Waals surface area contributed by atoms with Crippen LogP contribution in [0.15, 0.2) is 34.1 Å². The summed E-state index contributed by atoms with van der Waals surface area (Å²) in [5.74, 6) is 1.06. The number of benzene rings is 1. The Bertz CT molecular complexity index is 568. The molecule has 1 aromatic heterocycles. The van der Waals surface area contributed by atoms with Gasteiger partial charge >= 0.3 is 0 Å². The highest BCUT2D eigenvalue weighted by Crippen LogP contribution is 2.33. The van der Waals surface area contributed by atoms with Crippen LogP contribution in [-0.4, -0.2) is 12.6 Å². The SMILES string of the molecule is NC(Cc1cccs1)Cc1cc(Br)cc2c1OCC2. The largest absolute Gasteiger partial charge is 0.493 e. The zero-order chi connectivity index (χ0) is 13.2. The maximum Gasteiger partial charge on any atom is 0.125 e. The zero-order valence-electron chi connectivity index (χ0n) is 10.6. The quantitative estimate of drug-likeness (QED) is 0.925. The third-order valence-corrected chi connectivity index (χ3v) is 4.71. The molecule has 0 amide bonds. The van der Waals surface area contributed by atoms with Crippen LogP contribution < -0.4 is 10.5 Å². The van der Waals surface area contributed by atoms with E-state index in [0.717, 1.165) is 36.1 Å². The Kier molecular flexibility index (Phi) is 3.91. The molecule has 19 heavy (non-hydrogen) atoms. The van der Waals surface area contributed by atoms with E-state index in [4.69, 9.17) is 10.5 Å². The molecule has 3 rings (SSSR count). The lowest BCUT2D eigenvalue weighted by atomic mass is 10.00. The van der Waals surface area contributed by atoms with Crippen molar-refractivity contribution < 1.29 is 4.74 Å². The molecule has 0 radical (unpaired) electrons. The summed E-state index contributed by atoms with van der Waals surface area (Å²) in [4.78, 5) is 1.35. The molecular formula is C15H16BrNOS. The molecule has 1 aromatic carbocycles. The van der Waals surface area contributed by atoms with Crippen molar-refractivity contribution in [1.29, 1.82) is 0 Å². The van der Waals surface area contributed by atoms with E-state index in [1.165, 1.54) is 16.0 Å². The van der Waals surface area contributed by atoms with Crippen molar-refractivity contribution in [3.63, 3.8) is 0 Å². The van der Waals surface area contributed by atoms with Gasteiger partial charge in [0.25, 0.3) is 0 Å². The molecule has 1 aliphatic heterocycles. The van der Waals surface area contributed by atoms with Gasteiger partial charge in [-0.15, -0.1) is 11.3 Å². The lowest BCUT2D eigenvalue weighted by molar-refractivity contribution is 0.352. The van der Waals surface area contributed by atoms with E-state index < -0.39 is 0 Å². The number of rotatable bonds is 4. The number of halogens is 1. The van der Waals surface area contributed by atoms with Crippen molar-refractivity contribution in [2.75, 3.05) is 6.61 Å². The maximum absolute atomic E-state index is 6.28. The average Bonchev–Trinajstić information content (AvgIpc) is 2.99. The van der Waals surface area contributed by atoms with Crippen LogP contribution in [0.2, 0.25) is 0 Å². The van der Waals surface area contributed by atoms with E-state index in [0.29, 0.717) is 0 Å². The van der Waals surface area contributed by atoms with Crippen LogP contribution in [-0.2, 0) is 19.3 Å². The van der Waals surface area contributed by atoms with Crippen molar-refractivity contribution in [2.45, 2.75) is 25.3 Å². The minimum Gasteiger partial charge on any atom is -0.493 e. The molecule has 1 unspecified atom stereocenters. The predicted octanol–water partition coefficient (Wildman–Crippen LogP) is 3.56. The Balaban J connectivity index is 1.76. The van der Waals surface area contributed by atoms with Gasteiger partial charge < -0.3 is 10.5 Å². The predicted molar refractivity (Wildman–Crippen MR) is 83.0 cm³/mol. The molecule has 0 saturated carbocycles. The Hall–Kier alpha value is -0.840. The molecule has 2 N–H and O–H groups in total. The van der Waals surface area contributed by atoms with E-state index >= 15 is 0 Å². The van der Waals surface area contributed by atoms with E-state index in [2.05, 4.69) is 45.6 Å². The number of ether oxygens (including phenoxy) is 1. The number of hydrogen-bond acceptors (Lipinski definition) is 3. The highest BCUT2D eigenvalue weighted by Gasteiger charge is 2.19. The summed E-state index contributed by atoms with van der Waals surface area (Å²) in [7, 11) is 0. The lowest BCUT2D eigenvalue weighted by Gasteiger charge is -2.14. The monoisotopic (exact) mass is 337 g/mol. The molecule has 0 saturated heterocycles. The smallest absolute Gasteiger partial charge is 0.125 e. The summed E-state index contributed by atoms with van der Waals surface area (Å²) in [6.45, 7) is 0.791. The van der Waals surface area contributed by atoms with Crippen LogP contribution in [0.5, 0.6) is 5.75 Å². The summed E-state index contributed by atoms with van der Waals surface area (Å²) in [6, 6.07) is 8.65. The standard InChI is InChI=1S/C15H16BrNOS/c16-12-6-10-3-4-18-15(10)11(7-12)8-13(17)9-14-2-1-5-19-14/h1-2,5-7,13H,3-4,8-9,17H2. The van der Waals surface area contributed by atoms with Gasteiger partial charge in [0, 0.05) is 21.8 Å². The first kappa shape index (κ1) is 13.2. The summed E-state index contributed by atoms with van der Waals surface area (Å²) >= 11 is 5.34. The van der Waals surface area contributed by atoms with Gasteiger partial charge in [0.15, 0.2) is 0 Å². The van der Waals surface area contributed by atoms with Crippen molar-refractivity contribution in [2.24, 2.45) is 5.73 Å². The van der Waals surface area contributed by atoms with Gasteiger partial charge in [0.1, 0.15) is 5.75 Å². The van der Waals surface area contributed by atoms with Crippen molar-refractivity contribution in [3.05, 3.63) is 50.1 Å². The van der Waals surface area contributed by atoms with E-state index in [9.17, 15) is 0 Å². The van der Waals surface area contributed by atoms with E-state index in [-0.39, 0.29) is 6.04 Å². The van der Waals surface area contributed by atoms with Gasteiger partial charge in [-0.2, -0.15) is 0 Å². The Labute approximate surface area is 125 Å². The first-order valence-electron chi connectivity index (χ1n) is 6.44. The normalized spacial score (nSPS) is 15.1. The van der Waals surface area contributed by atoms with E-state index in [1.807, 2.05) is 0 Å². The molecule has 0 bridgehead atoms. The number of nitrogens with two attached hydrogens (primary N) is 1. The maximum atomic E-state index is 6.28. The molecule has 2 aromatic rings. The van der Waals surface area contributed by atoms with Crippen LogP contribution >= 0.6 is 27.3 Å². The highest BCUT2D eigenvalue weighted by molar-refractivity contribution is 9.10. The molecule has 1 atom stereocenters. The molecule has 2 heterocycles. The molecular weight excluding hydrogens is 322 g/mol. The van der Waals surface area contributed by atoms with Crippen LogP contribution in [0, 0.1) is 0 Å². The van der Waals surface area contributed by atoms with Gasteiger partial charge in [-0.3, -0.25) is 0 Å². The number of hydrogen-bond donors (Lipinski definition) is 1. The third-order valence-electron chi connectivity index (χ3n) is 3.35. The van der Waals surface area contributed by atoms with Gasteiger partial charge in [-0.1, -0.05) is 22.0 Å². The van der Waals surface area contributed by atoms with Crippen LogP contribution in [0.25, 0.3) is 0 Å². The molecule has 100 valence electrons. The minimum absolute atomic E-state index is 0.140. The first-order chi connectivity index (χ1) is 9.22. The van der Waals surface area contributed by atoms with Gasteiger partial charge in [0.05, 0.1) is 6.61 Å². The summed E-state index contributed by atoms with van der Waals surface area (Å²) in [5, 5.41) is 2.10. The minimum atomic E-state index is 0.140. The van der Waals surface area contributed by atoms with Gasteiger partial charge in [-0.05, 0) is 47.5 Å². The Morgan fingerprint density at radius 2 is 2.26 bits per heavy atom. The lowest BCUT2D eigenvalue weighted by Crippen LogP contribution is -2.25. The Morgan fingerprint density at radius 1 is 1.37 bits per heavy atom. The van der Waals surface area contributed by atoms with Crippen molar-refractivity contribution >= 4 is 27.3 Å². The summed E-state index contributed by atoms with van der Waals surface area (Å²) in [6.07, 6.45) is 2.79. The van der Waals surface area contributed by atoms with E-state index in [1.54, 1.807) is 11.3 Å². The summed E-state index contributed by atoms with van der Waals surface area (Å²) < 4.78 is 6.87. The third kappa shape index (κ3) is 3.02.